The highest BCUT2D eigenvalue weighted by Gasteiger charge is 2.67. The van der Waals surface area contributed by atoms with E-state index in [1.807, 2.05) is 43.3 Å². The van der Waals surface area contributed by atoms with Crippen LogP contribution in [0.1, 0.15) is 37.3 Å². The van der Waals surface area contributed by atoms with E-state index in [9.17, 15) is 19.5 Å². The molecule has 4 aliphatic rings. The molecule has 3 amide bonds. The van der Waals surface area contributed by atoms with Gasteiger partial charge in [-0.3, -0.25) is 14.5 Å². The van der Waals surface area contributed by atoms with Crippen molar-refractivity contribution in [3.05, 3.63) is 59.7 Å². The average molecular weight is 596 g/mol. The molecule has 1 spiro atoms. The van der Waals surface area contributed by atoms with E-state index in [0.717, 1.165) is 18.4 Å². The number of nitrogens with zero attached hydrogens (tertiary/aromatic N) is 3. The first-order chi connectivity index (χ1) is 20.1. The summed E-state index contributed by atoms with van der Waals surface area (Å²) in [6.07, 6.45) is 0.193. The molecule has 42 heavy (non-hydrogen) atoms. The van der Waals surface area contributed by atoms with Crippen LogP contribution in [0, 0.1) is 5.92 Å². The number of cyclic esters (lactones) is 1. The van der Waals surface area contributed by atoms with E-state index in [0.29, 0.717) is 36.6 Å². The minimum Gasteiger partial charge on any atom is -0.447 e. The first kappa shape index (κ1) is 28.8. The quantitative estimate of drug-likeness (QED) is 0.378. The fraction of sp³-hybridized carbons (Fsp3) is 0.516. The Bertz CT molecular complexity index is 1390. The maximum absolute atomic E-state index is 16.2. The number of hydrogen-bond acceptors (Lipinski definition) is 6. The summed E-state index contributed by atoms with van der Waals surface area (Å²) in [6, 6.07) is 14.8. The fourth-order valence-electron chi connectivity index (χ4n) is 7.60. The Morgan fingerprint density at radius 3 is 2.57 bits per heavy atom. The predicted molar refractivity (Wildman–Crippen MR) is 157 cm³/mol. The van der Waals surface area contributed by atoms with Crippen molar-refractivity contribution in [1.82, 2.24) is 4.90 Å². The highest BCUT2D eigenvalue weighted by molar-refractivity contribution is 6.72. The Morgan fingerprint density at radius 2 is 1.90 bits per heavy atom. The molecule has 3 fully saturated rings. The van der Waals surface area contributed by atoms with Crippen LogP contribution in [0.3, 0.4) is 0 Å². The van der Waals surface area contributed by atoms with Crippen molar-refractivity contribution in [2.24, 2.45) is 5.92 Å². The summed E-state index contributed by atoms with van der Waals surface area (Å²) >= 11 is 0. The lowest BCUT2D eigenvalue weighted by Crippen LogP contribution is -2.45. The summed E-state index contributed by atoms with van der Waals surface area (Å²) in [5.74, 6) is -1.05. The molecule has 1 N–H and O–H groups in total. The molecule has 224 valence electrons. The SMILES string of the molecule is C[C@@H]1[C@@H]([Si](C)(C)F)[C@H](CC(=O)N2CCC[C@H]2CO)O[C@@]12C(=O)N(Cc1ccccc1)c1ccc(N3CCOC3=O)cc12. The molecule has 3 saturated heterocycles. The zero-order valence-electron chi connectivity index (χ0n) is 24.3. The third-order valence-electron chi connectivity index (χ3n) is 9.48. The zero-order valence-corrected chi connectivity index (χ0v) is 25.3. The Hall–Kier alpha value is -3.28. The van der Waals surface area contributed by atoms with Gasteiger partial charge >= 0.3 is 6.09 Å². The van der Waals surface area contributed by atoms with Gasteiger partial charge in [-0.2, -0.15) is 0 Å². The van der Waals surface area contributed by atoms with Gasteiger partial charge in [0.15, 0.2) is 5.60 Å². The minimum absolute atomic E-state index is 0.0625. The van der Waals surface area contributed by atoms with Crippen molar-refractivity contribution in [1.29, 1.82) is 0 Å². The highest BCUT2D eigenvalue weighted by Crippen LogP contribution is 2.60. The fourth-order valence-corrected chi connectivity index (χ4v) is 10.1. The van der Waals surface area contributed by atoms with Crippen LogP contribution in [-0.2, 0) is 31.2 Å². The molecule has 6 rings (SSSR count). The number of ether oxygens (including phenoxy) is 2. The van der Waals surface area contributed by atoms with Crippen molar-refractivity contribution in [3.8, 4) is 0 Å². The van der Waals surface area contributed by atoms with Crippen molar-refractivity contribution >= 4 is 37.7 Å². The second-order valence-electron chi connectivity index (χ2n) is 12.4. The number of rotatable bonds is 7. The molecule has 9 nitrogen and oxygen atoms in total. The molecule has 0 bridgehead atoms. The summed E-state index contributed by atoms with van der Waals surface area (Å²) in [5.41, 5.74) is 0.592. The first-order valence-electron chi connectivity index (χ1n) is 14.8. The van der Waals surface area contributed by atoms with Gasteiger partial charge in [-0.05, 0) is 49.7 Å². The predicted octanol–water partition coefficient (Wildman–Crippen LogP) is 4.34. The van der Waals surface area contributed by atoms with E-state index >= 15 is 4.11 Å². The summed E-state index contributed by atoms with van der Waals surface area (Å²) in [5, 5.41) is 9.80. The average Bonchev–Trinajstić information content (AvgIpc) is 3.72. The number of anilines is 2. The van der Waals surface area contributed by atoms with Crippen LogP contribution in [0.5, 0.6) is 0 Å². The lowest BCUT2D eigenvalue weighted by atomic mass is 9.82. The van der Waals surface area contributed by atoms with Crippen molar-refractivity contribution in [2.75, 3.05) is 36.1 Å². The van der Waals surface area contributed by atoms with E-state index in [1.54, 1.807) is 35.0 Å². The van der Waals surface area contributed by atoms with Gasteiger partial charge in [0.05, 0.1) is 44.0 Å². The lowest BCUT2D eigenvalue weighted by Gasteiger charge is -2.31. The topological polar surface area (TPSA) is 99.6 Å². The first-order valence-corrected chi connectivity index (χ1v) is 17.7. The van der Waals surface area contributed by atoms with E-state index in [4.69, 9.17) is 9.47 Å². The third kappa shape index (κ3) is 4.62. The second kappa shape index (κ2) is 10.8. The summed E-state index contributed by atoms with van der Waals surface area (Å²) in [6.45, 7) is 6.46. The van der Waals surface area contributed by atoms with Gasteiger partial charge in [-0.25, -0.2) is 4.79 Å². The van der Waals surface area contributed by atoms with Crippen LogP contribution in [0.4, 0.5) is 20.3 Å². The number of hydrogen-bond donors (Lipinski definition) is 1. The minimum atomic E-state index is -3.47. The maximum Gasteiger partial charge on any atom is 0.414 e. The van der Waals surface area contributed by atoms with Crippen molar-refractivity contribution < 1.29 is 33.1 Å². The van der Waals surface area contributed by atoms with Crippen molar-refractivity contribution in [2.45, 2.75) is 69.1 Å². The molecule has 2 aromatic carbocycles. The van der Waals surface area contributed by atoms with E-state index in [1.165, 1.54) is 4.90 Å². The van der Waals surface area contributed by atoms with E-state index in [-0.39, 0.29) is 37.5 Å². The molecule has 0 unspecified atom stereocenters. The summed E-state index contributed by atoms with van der Waals surface area (Å²) < 4.78 is 28.2. The Balaban J connectivity index is 1.43. The van der Waals surface area contributed by atoms with E-state index in [2.05, 4.69) is 0 Å². The van der Waals surface area contributed by atoms with Gasteiger partial charge in [0, 0.05) is 29.3 Å². The molecular weight excluding hydrogens is 557 g/mol. The lowest BCUT2D eigenvalue weighted by molar-refractivity contribution is -0.150. The third-order valence-corrected chi connectivity index (χ3v) is 11.9. The molecule has 2 aromatic rings. The van der Waals surface area contributed by atoms with Gasteiger partial charge in [0.1, 0.15) is 6.61 Å². The molecule has 11 heteroatoms. The normalized spacial score (nSPS) is 29.1. The molecule has 0 aromatic heterocycles. The smallest absolute Gasteiger partial charge is 0.414 e. The van der Waals surface area contributed by atoms with Crippen LogP contribution >= 0.6 is 0 Å². The maximum atomic E-state index is 16.2. The van der Waals surface area contributed by atoms with E-state index < -0.39 is 37.7 Å². The van der Waals surface area contributed by atoms with Crippen LogP contribution in [-0.4, -0.2) is 74.8 Å². The van der Waals surface area contributed by atoms with Crippen molar-refractivity contribution in [3.63, 3.8) is 0 Å². The number of aliphatic hydroxyl groups excluding tert-OH is 1. The van der Waals surface area contributed by atoms with Crippen LogP contribution in [0.15, 0.2) is 48.5 Å². The Kier molecular flexibility index (Phi) is 7.39. The summed E-state index contributed by atoms with van der Waals surface area (Å²) in [4.78, 5) is 45.5. The number of carbonyl (C=O) groups is 3. The zero-order chi connectivity index (χ0) is 29.8. The second-order valence-corrected chi connectivity index (χ2v) is 16.2. The Morgan fingerprint density at radius 1 is 1.14 bits per heavy atom. The molecule has 4 aliphatic heterocycles. The van der Waals surface area contributed by atoms with Gasteiger partial charge < -0.3 is 28.5 Å². The number of likely N-dealkylation sites (tertiary alicyclic amines) is 1. The molecule has 0 radical (unpaired) electrons. The highest BCUT2D eigenvalue weighted by atomic mass is 28.4. The molecule has 4 heterocycles. The largest absolute Gasteiger partial charge is 0.447 e. The van der Waals surface area contributed by atoms with Gasteiger partial charge in [-0.1, -0.05) is 37.3 Å². The summed E-state index contributed by atoms with van der Waals surface area (Å²) in [7, 11) is -3.47. The molecule has 0 saturated carbocycles. The monoisotopic (exact) mass is 595 g/mol. The standard InChI is InChI=1S/C31H38FN3O6Si/c1-20-28(42(2,3)32)26(17-27(37)33-13-7-10-23(33)19-36)41-31(20)24-16-22(34-14-15-40-30(34)39)11-12-25(24)35(29(31)38)18-21-8-5-4-6-9-21/h4-6,8-9,11-12,16,20,23,26,28,36H,7,10,13-15,17-19H2,1-3H3/t20-,23+,26+,28-,31+/m1/s1. The number of amides is 3. The number of halogens is 1. The number of fused-ring (bicyclic) bond motifs is 2. The van der Waals surface area contributed by atoms with Crippen LogP contribution < -0.4 is 9.80 Å². The van der Waals surface area contributed by atoms with Gasteiger partial charge in [0.25, 0.3) is 5.91 Å². The molecular formula is C31H38FN3O6Si. The number of carbonyl (C=O) groups excluding carboxylic acids is 3. The number of aliphatic hydroxyl groups is 1. The van der Waals surface area contributed by atoms with Crippen LogP contribution in [0.2, 0.25) is 18.6 Å². The van der Waals surface area contributed by atoms with Crippen LogP contribution in [0.25, 0.3) is 0 Å². The molecule has 0 aliphatic carbocycles. The van der Waals surface area contributed by atoms with Gasteiger partial charge in [0.2, 0.25) is 14.3 Å². The number of benzene rings is 2. The van der Waals surface area contributed by atoms with Gasteiger partial charge in [-0.15, -0.1) is 0 Å². The Labute approximate surface area is 246 Å². The molecule has 5 atom stereocenters.